The highest BCUT2D eigenvalue weighted by atomic mass is 16.1. The molecule has 0 atom stereocenters. The molecule has 0 bridgehead atoms. The summed E-state index contributed by atoms with van der Waals surface area (Å²) in [5, 5.41) is 0. The van der Waals surface area contributed by atoms with Crippen molar-refractivity contribution in [3.8, 4) is 0 Å². The summed E-state index contributed by atoms with van der Waals surface area (Å²) in [5.74, 6) is -0.388. The largest absolute Gasteiger partial charge is 0.366 e. The SMILES string of the molecule is C/C=C(/C=C/C(N)=O)CCC. The van der Waals surface area contributed by atoms with Gasteiger partial charge in [0.15, 0.2) is 0 Å². The van der Waals surface area contributed by atoms with Gasteiger partial charge >= 0.3 is 0 Å². The van der Waals surface area contributed by atoms with Gasteiger partial charge in [0, 0.05) is 6.08 Å². The molecule has 0 aromatic carbocycles. The molecule has 0 spiro atoms. The van der Waals surface area contributed by atoms with Crippen molar-refractivity contribution in [2.45, 2.75) is 26.7 Å². The second-order valence-electron chi connectivity index (χ2n) is 2.35. The summed E-state index contributed by atoms with van der Waals surface area (Å²) >= 11 is 0. The molecule has 0 aliphatic heterocycles. The summed E-state index contributed by atoms with van der Waals surface area (Å²) < 4.78 is 0. The molecule has 0 aliphatic rings. The van der Waals surface area contributed by atoms with Gasteiger partial charge < -0.3 is 5.73 Å². The number of allylic oxidation sites excluding steroid dienone is 3. The van der Waals surface area contributed by atoms with Crippen LogP contribution in [-0.2, 0) is 4.79 Å². The van der Waals surface area contributed by atoms with E-state index in [0.29, 0.717) is 0 Å². The predicted octanol–water partition coefficient (Wildman–Crippen LogP) is 1.77. The molecule has 1 amide bonds. The number of carbonyl (C=O) groups excluding carboxylic acids is 1. The number of rotatable bonds is 4. The molecule has 0 heterocycles. The Kier molecular flexibility index (Phi) is 5.17. The Morgan fingerprint density at radius 2 is 2.09 bits per heavy atom. The molecule has 0 unspecified atom stereocenters. The molecule has 62 valence electrons. The third-order valence-electron chi connectivity index (χ3n) is 1.37. The van der Waals surface area contributed by atoms with E-state index >= 15 is 0 Å². The first-order valence-electron chi connectivity index (χ1n) is 3.83. The second-order valence-corrected chi connectivity index (χ2v) is 2.35. The molecule has 0 aliphatic carbocycles. The van der Waals surface area contributed by atoms with E-state index in [0.717, 1.165) is 18.4 Å². The average Bonchev–Trinajstić information content (AvgIpc) is 1.97. The Morgan fingerprint density at radius 3 is 2.45 bits per heavy atom. The Bertz CT molecular complexity index is 180. The second kappa shape index (κ2) is 5.71. The Hall–Kier alpha value is -1.05. The van der Waals surface area contributed by atoms with Crippen molar-refractivity contribution in [2.24, 2.45) is 5.73 Å². The van der Waals surface area contributed by atoms with Crippen LogP contribution < -0.4 is 5.73 Å². The van der Waals surface area contributed by atoms with Crippen LogP contribution in [0, 0.1) is 0 Å². The van der Waals surface area contributed by atoms with Gasteiger partial charge in [-0.3, -0.25) is 4.79 Å². The molecule has 2 heteroatoms. The standard InChI is InChI=1S/C9H15NO/c1-3-5-8(4-2)6-7-9(10)11/h4,6-7H,3,5H2,1-2H3,(H2,10,11)/b7-6+,8-4+. The summed E-state index contributed by atoms with van der Waals surface area (Å²) in [6, 6.07) is 0. The quantitative estimate of drug-likeness (QED) is 0.485. The molecule has 0 aromatic rings. The van der Waals surface area contributed by atoms with E-state index < -0.39 is 0 Å². The lowest BCUT2D eigenvalue weighted by atomic mass is 10.1. The van der Waals surface area contributed by atoms with Gasteiger partial charge in [-0.15, -0.1) is 0 Å². The van der Waals surface area contributed by atoms with Crippen LogP contribution in [0.25, 0.3) is 0 Å². The number of hydrogen-bond donors (Lipinski definition) is 1. The number of carbonyl (C=O) groups is 1. The molecule has 0 saturated heterocycles. The van der Waals surface area contributed by atoms with Crippen molar-refractivity contribution in [3.63, 3.8) is 0 Å². The van der Waals surface area contributed by atoms with Crippen molar-refractivity contribution in [1.29, 1.82) is 0 Å². The van der Waals surface area contributed by atoms with Crippen LogP contribution in [0.2, 0.25) is 0 Å². The minimum atomic E-state index is -0.388. The fraction of sp³-hybridized carbons (Fsp3) is 0.444. The zero-order valence-corrected chi connectivity index (χ0v) is 7.13. The van der Waals surface area contributed by atoms with Crippen LogP contribution in [0.4, 0.5) is 0 Å². The van der Waals surface area contributed by atoms with Gasteiger partial charge in [-0.1, -0.05) is 31.1 Å². The van der Waals surface area contributed by atoms with E-state index in [1.807, 2.05) is 13.0 Å². The monoisotopic (exact) mass is 153 g/mol. The first-order valence-corrected chi connectivity index (χ1v) is 3.83. The molecule has 0 rings (SSSR count). The molecule has 0 fully saturated rings. The van der Waals surface area contributed by atoms with Gasteiger partial charge in [0.05, 0.1) is 0 Å². The van der Waals surface area contributed by atoms with E-state index in [4.69, 9.17) is 5.73 Å². The molecular formula is C9H15NO. The maximum absolute atomic E-state index is 10.3. The van der Waals surface area contributed by atoms with Crippen LogP contribution >= 0.6 is 0 Å². The first-order chi connectivity index (χ1) is 5.20. The maximum Gasteiger partial charge on any atom is 0.241 e. The van der Waals surface area contributed by atoms with Crippen LogP contribution in [-0.4, -0.2) is 5.91 Å². The highest BCUT2D eigenvalue weighted by molar-refractivity contribution is 5.86. The number of nitrogens with two attached hydrogens (primary N) is 1. The fourth-order valence-electron chi connectivity index (χ4n) is 0.802. The van der Waals surface area contributed by atoms with Gasteiger partial charge in [0.2, 0.25) is 5.91 Å². The number of primary amides is 1. The number of amides is 1. The summed E-state index contributed by atoms with van der Waals surface area (Å²) in [7, 11) is 0. The van der Waals surface area contributed by atoms with Crippen LogP contribution in [0.15, 0.2) is 23.8 Å². The predicted molar refractivity (Wildman–Crippen MR) is 47.0 cm³/mol. The maximum atomic E-state index is 10.3. The van der Waals surface area contributed by atoms with Gasteiger partial charge in [0.25, 0.3) is 0 Å². The van der Waals surface area contributed by atoms with Gasteiger partial charge in [-0.25, -0.2) is 0 Å². The Balaban J connectivity index is 3.98. The summed E-state index contributed by atoms with van der Waals surface area (Å²) in [4.78, 5) is 10.3. The number of hydrogen-bond acceptors (Lipinski definition) is 1. The highest BCUT2D eigenvalue weighted by Crippen LogP contribution is 2.05. The summed E-state index contributed by atoms with van der Waals surface area (Å²) in [5.41, 5.74) is 6.10. The third-order valence-corrected chi connectivity index (χ3v) is 1.37. The summed E-state index contributed by atoms with van der Waals surface area (Å²) in [6.07, 6.45) is 7.24. The lowest BCUT2D eigenvalue weighted by molar-refractivity contribution is -0.113. The van der Waals surface area contributed by atoms with Crippen LogP contribution in [0.1, 0.15) is 26.7 Å². The van der Waals surface area contributed by atoms with Crippen molar-refractivity contribution < 1.29 is 4.79 Å². The first kappa shape index (κ1) is 9.95. The van der Waals surface area contributed by atoms with E-state index in [-0.39, 0.29) is 5.91 Å². The average molecular weight is 153 g/mol. The minimum absolute atomic E-state index is 0.388. The van der Waals surface area contributed by atoms with Gasteiger partial charge in [-0.05, 0) is 13.3 Å². The van der Waals surface area contributed by atoms with E-state index in [1.165, 1.54) is 6.08 Å². The van der Waals surface area contributed by atoms with Crippen LogP contribution in [0.3, 0.4) is 0 Å². The van der Waals surface area contributed by atoms with Gasteiger partial charge in [-0.2, -0.15) is 0 Å². The van der Waals surface area contributed by atoms with Gasteiger partial charge in [0.1, 0.15) is 0 Å². The molecule has 11 heavy (non-hydrogen) atoms. The normalized spacial score (nSPS) is 12.4. The van der Waals surface area contributed by atoms with Crippen molar-refractivity contribution in [1.82, 2.24) is 0 Å². The van der Waals surface area contributed by atoms with E-state index in [1.54, 1.807) is 6.08 Å². The molecule has 2 N–H and O–H groups in total. The lowest BCUT2D eigenvalue weighted by Crippen LogP contribution is -2.05. The smallest absolute Gasteiger partial charge is 0.241 e. The van der Waals surface area contributed by atoms with Crippen molar-refractivity contribution >= 4 is 5.91 Å². The molecular weight excluding hydrogens is 138 g/mol. The molecule has 0 radical (unpaired) electrons. The van der Waals surface area contributed by atoms with E-state index in [9.17, 15) is 4.79 Å². The van der Waals surface area contributed by atoms with Crippen molar-refractivity contribution in [3.05, 3.63) is 23.8 Å². The highest BCUT2D eigenvalue weighted by Gasteiger charge is 1.88. The fourth-order valence-corrected chi connectivity index (χ4v) is 0.802. The molecule has 0 saturated carbocycles. The minimum Gasteiger partial charge on any atom is -0.366 e. The lowest BCUT2D eigenvalue weighted by Gasteiger charge is -1.95. The molecule has 0 aromatic heterocycles. The Morgan fingerprint density at radius 1 is 1.45 bits per heavy atom. The van der Waals surface area contributed by atoms with Crippen LogP contribution in [0.5, 0.6) is 0 Å². The topological polar surface area (TPSA) is 43.1 Å². The summed E-state index contributed by atoms with van der Waals surface area (Å²) in [6.45, 7) is 4.05. The molecule has 2 nitrogen and oxygen atoms in total. The zero-order valence-electron chi connectivity index (χ0n) is 7.13. The van der Waals surface area contributed by atoms with Crippen molar-refractivity contribution in [2.75, 3.05) is 0 Å². The Labute approximate surface area is 67.8 Å². The van der Waals surface area contributed by atoms with E-state index in [2.05, 4.69) is 6.92 Å². The zero-order chi connectivity index (χ0) is 8.69. The third kappa shape index (κ3) is 5.40.